The molecule has 0 saturated carbocycles. The fraction of sp³-hybridized carbons (Fsp3) is 0.407. The molecule has 2 amide bonds. The van der Waals surface area contributed by atoms with E-state index in [-0.39, 0.29) is 45.1 Å². The van der Waals surface area contributed by atoms with Crippen molar-refractivity contribution in [2.24, 2.45) is 0 Å². The molecule has 0 radical (unpaired) electrons. The van der Waals surface area contributed by atoms with Crippen molar-refractivity contribution in [2.45, 2.75) is 51.2 Å². The van der Waals surface area contributed by atoms with Crippen LogP contribution in [0.3, 0.4) is 0 Å². The van der Waals surface area contributed by atoms with Gasteiger partial charge >= 0.3 is 0 Å². The SMILES string of the molecule is CCC(=O)N(Cc1ccc(Cl)c(Cl)c1)C1CC(C(=O)NCCO)=CC(Oc2c(I)cc(CO)cc2OC)C1O. The zero-order valence-corrected chi connectivity index (χ0v) is 25.2. The van der Waals surface area contributed by atoms with Gasteiger partial charge in [0.15, 0.2) is 11.5 Å². The van der Waals surface area contributed by atoms with Gasteiger partial charge < -0.3 is 35.0 Å². The van der Waals surface area contributed by atoms with Gasteiger partial charge in [0.05, 0.1) is 40.0 Å². The highest BCUT2D eigenvalue weighted by molar-refractivity contribution is 14.1. The lowest BCUT2D eigenvalue weighted by atomic mass is 9.87. The van der Waals surface area contributed by atoms with Gasteiger partial charge in [-0.2, -0.15) is 0 Å². The predicted octanol–water partition coefficient (Wildman–Crippen LogP) is 3.45. The van der Waals surface area contributed by atoms with E-state index in [1.54, 1.807) is 37.3 Å². The molecule has 0 spiro atoms. The summed E-state index contributed by atoms with van der Waals surface area (Å²) in [5, 5.41) is 33.6. The Balaban J connectivity index is 2.03. The van der Waals surface area contributed by atoms with E-state index < -0.39 is 24.2 Å². The van der Waals surface area contributed by atoms with E-state index >= 15 is 0 Å². The average molecular weight is 693 g/mol. The van der Waals surface area contributed by atoms with Crippen LogP contribution in [0, 0.1) is 3.57 Å². The highest BCUT2D eigenvalue weighted by Crippen LogP contribution is 2.37. The quantitative estimate of drug-likeness (QED) is 0.266. The summed E-state index contributed by atoms with van der Waals surface area (Å²) < 4.78 is 12.3. The number of nitrogens with one attached hydrogen (secondary N) is 1. The number of aliphatic hydroxyl groups excluding tert-OH is 3. The van der Waals surface area contributed by atoms with E-state index in [1.165, 1.54) is 18.1 Å². The van der Waals surface area contributed by atoms with E-state index in [2.05, 4.69) is 5.32 Å². The van der Waals surface area contributed by atoms with Gasteiger partial charge in [0.1, 0.15) is 12.2 Å². The molecule has 1 aliphatic carbocycles. The second kappa shape index (κ2) is 14.5. The monoisotopic (exact) mass is 692 g/mol. The average Bonchev–Trinajstić information content (AvgIpc) is 2.93. The Morgan fingerprint density at radius 1 is 1.15 bits per heavy atom. The van der Waals surface area contributed by atoms with Crippen LogP contribution in [0.4, 0.5) is 0 Å². The number of amides is 2. The minimum absolute atomic E-state index is 0.0458. The molecule has 3 atom stereocenters. The number of carbonyl (C=O) groups is 2. The first kappa shape index (κ1) is 31.4. The molecule has 0 saturated heterocycles. The van der Waals surface area contributed by atoms with Crippen LogP contribution in [0.25, 0.3) is 0 Å². The number of aliphatic hydroxyl groups is 3. The Hall–Kier alpha value is -2.09. The lowest BCUT2D eigenvalue weighted by Crippen LogP contribution is -2.54. The zero-order chi connectivity index (χ0) is 28.7. The molecule has 0 fully saturated rings. The van der Waals surface area contributed by atoms with Crippen LogP contribution in [0.5, 0.6) is 11.5 Å². The molecular formula is C27H31Cl2IN2O7. The zero-order valence-electron chi connectivity index (χ0n) is 21.5. The largest absolute Gasteiger partial charge is 0.493 e. The number of hydrogen-bond donors (Lipinski definition) is 4. The third kappa shape index (κ3) is 7.77. The van der Waals surface area contributed by atoms with Crippen molar-refractivity contribution in [3.05, 3.63) is 66.7 Å². The minimum atomic E-state index is -1.21. The second-order valence-corrected chi connectivity index (χ2v) is 10.9. The summed E-state index contributed by atoms with van der Waals surface area (Å²) >= 11 is 14.3. The Bertz CT molecular complexity index is 1230. The van der Waals surface area contributed by atoms with Gasteiger partial charge in [-0.15, -0.1) is 0 Å². The van der Waals surface area contributed by atoms with Crippen LogP contribution in [-0.2, 0) is 22.7 Å². The molecule has 2 aromatic rings. The predicted molar refractivity (Wildman–Crippen MR) is 156 cm³/mol. The highest BCUT2D eigenvalue weighted by Gasteiger charge is 2.40. The maximum atomic E-state index is 13.2. The molecule has 2 aromatic carbocycles. The van der Waals surface area contributed by atoms with Crippen LogP contribution in [-0.4, -0.2) is 70.5 Å². The van der Waals surface area contributed by atoms with Gasteiger partial charge in [0.25, 0.3) is 0 Å². The molecule has 3 rings (SSSR count). The highest BCUT2D eigenvalue weighted by atomic mass is 127. The summed E-state index contributed by atoms with van der Waals surface area (Å²) in [4.78, 5) is 27.7. The number of benzene rings is 2. The molecule has 1 aliphatic rings. The first-order chi connectivity index (χ1) is 18.6. The molecule has 0 aromatic heterocycles. The summed E-state index contributed by atoms with van der Waals surface area (Å²) in [6, 6.07) is 7.56. The molecule has 212 valence electrons. The summed E-state index contributed by atoms with van der Waals surface area (Å²) in [7, 11) is 1.46. The van der Waals surface area contributed by atoms with Crippen molar-refractivity contribution >= 4 is 57.6 Å². The van der Waals surface area contributed by atoms with Crippen LogP contribution in [0.1, 0.15) is 30.9 Å². The van der Waals surface area contributed by atoms with Gasteiger partial charge in [-0.1, -0.05) is 36.2 Å². The molecule has 0 heterocycles. The molecule has 0 aliphatic heterocycles. The van der Waals surface area contributed by atoms with E-state index in [4.69, 9.17) is 32.7 Å². The van der Waals surface area contributed by atoms with Crippen LogP contribution < -0.4 is 14.8 Å². The lowest BCUT2D eigenvalue weighted by Gasteiger charge is -2.40. The van der Waals surface area contributed by atoms with E-state index in [0.717, 1.165) is 0 Å². The van der Waals surface area contributed by atoms with Crippen LogP contribution in [0.2, 0.25) is 10.0 Å². The maximum absolute atomic E-state index is 13.2. The van der Waals surface area contributed by atoms with Crippen molar-refractivity contribution in [3.8, 4) is 11.5 Å². The first-order valence-electron chi connectivity index (χ1n) is 12.3. The molecule has 12 heteroatoms. The number of methoxy groups -OCH3 is 1. The maximum Gasteiger partial charge on any atom is 0.247 e. The number of ether oxygens (including phenoxy) is 2. The summed E-state index contributed by atoms with van der Waals surface area (Å²) in [6.07, 6.45) is -0.488. The molecule has 3 unspecified atom stereocenters. The van der Waals surface area contributed by atoms with E-state index in [9.17, 15) is 24.9 Å². The number of halogens is 3. The van der Waals surface area contributed by atoms with Crippen molar-refractivity contribution in [1.29, 1.82) is 0 Å². The van der Waals surface area contributed by atoms with Gasteiger partial charge in [0.2, 0.25) is 11.8 Å². The number of hydrogen-bond acceptors (Lipinski definition) is 7. The van der Waals surface area contributed by atoms with Gasteiger partial charge in [-0.25, -0.2) is 0 Å². The molecule has 9 nitrogen and oxygen atoms in total. The standard InChI is InChI=1S/C27H31Cl2IN2O7/c1-3-24(35)32(13-15-4-5-18(28)19(29)8-15)21-11-17(27(37)31-6-7-33)12-22(25(21)36)39-26-20(30)9-16(14-34)10-23(26)38-2/h4-5,8-10,12,21-22,25,33-34,36H,3,6-7,11,13-14H2,1-2H3,(H,31,37). The normalized spacial score (nSPS) is 18.8. The van der Waals surface area contributed by atoms with Crippen molar-refractivity contribution in [1.82, 2.24) is 10.2 Å². The van der Waals surface area contributed by atoms with Gasteiger partial charge in [0, 0.05) is 31.5 Å². The number of rotatable bonds is 11. The van der Waals surface area contributed by atoms with Crippen LogP contribution in [0.15, 0.2) is 42.0 Å². The van der Waals surface area contributed by atoms with Crippen molar-refractivity contribution in [2.75, 3.05) is 20.3 Å². The van der Waals surface area contributed by atoms with Gasteiger partial charge in [-0.05, 0) is 64.1 Å². The molecule has 4 N–H and O–H groups in total. The first-order valence-corrected chi connectivity index (χ1v) is 14.1. The molecule has 0 bridgehead atoms. The van der Waals surface area contributed by atoms with E-state index in [1.807, 2.05) is 22.6 Å². The van der Waals surface area contributed by atoms with Crippen LogP contribution >= 0.6 is 45.8 Å². The second-order valence-electron chi connectivity index (χ2n) is 8.91. The summed E-state index contributed by atoms with van der Waals surface area (Å²) in [5.41, 5.74) is 1.62. The Labute approximate surface area is 250 Å². The smallest absolute Gasteiger partial charge is 0.247 e. The summed E-state index contributed by atoms with van der Waals surface area (Å²) in [6.45, 7) is 1.45. The fourth-order valence-electron chi connectivity index (χ4n) is 4.32. The summed E-state index contributed by atoms with van der Waals surface area (Å²) in [5.74, 6) is -0.00732. The van der Waals surface area contributed by atoms with Gasteiger partial charge in [-0.3, -0.25) is 9.59 Å². The Morgan fingerprint density at radius 3 is 2.51 bits per heavy atom. The minimum Gasteiger partial charge on any atom is -0.493 e. The van der Waals surface area contributed by atoms with Crippen molar-refractivity contribution < 1.29 is 34.4 Å². The molecule has 39 heavy (non-hydrogen) atoms. The number of carbonyl (C=O) groups excluding carboxylic acids is 2. The van der Waals surface area contributed by atoms with Crippen molar-refractivity contribution in [3.63, 3.8) is 0 Å². The Morgan fingerprint density at radius 2 is 1.90 bits per heavy atom. The fourth-order valence-corrected chi connectivity index (χ4v) is 5.44. The molecular weight excluding hydrogens is 662 g/mol. The Kier molecular flexibility index (Phi) is 11.7. The third-order valence-electron chi connectivity index (χ3n) is 6.30. The van der Waals surface area contributed by atoms with E-state index in [0.29, 0.717) is 41.8 Å². The lowest BCUT2D eigenvalue weighted by molar-refractivity contribution is -0.139. The topological polar surface area (TPSA) is 129 Å². The number of nitrogens with zero attached hydrogens (tertiary/aromatic N) is 1. The third-order valence-corrected chi connectivity index (χ3v) is 7.84.